The van der Waals surface area contributed by atoms with Gasteiger partial charge in [0.25, 0.3) is 0 Å². The van der Waals surface area contributed by atoms with Gasteiger partial charge in [-0.2, -0.15) is 0 Å². The van der Waals surface area contributed by atoms with Crippen LogP contribution in [0.5, 0.6) is 5.75 Å². The highest BCUT2D eigenvalue weighted by Gasteiger charge is 2.27. The molecule has 1 aromatic heterocycles. The number of benzene rings is 1. The van der Waals surface area contributed by atoms with Gasteiger partial charge in [-0.15, -0.1) is 11.3 Å². The minimum absolute atomic E-state index is 0.256. The van der Waals surface area contributed by atoms with Crippen LogP contribution in [-0.2, 0) is 17.6 Å². The van der Waals surface area contributed by atoms with Gasteiger partial charge < -0.3 is 9.47 Å². The van der Waals surface area contributed by atoms with E-state index in [2.05, 4.69) is 4.99 Å². The van der Waals surface area contributed by atoms with E-state index < -0.39 is 0 Å². The van der Waals surface area contributed by atoms with Gasteiger partial charge in [0, 0.05) is 11.1 Å². The molecule has 120 valence electrons. The molecule has 0 unspecified atom stereocenters. The SMILES string of the molecule is CCOC(=O)c1c(/N=C/c2ccc(OC)cc2)sc2c1CCC2. The third-order valence-corrected chi connectivity index (χ3v) is 5.03. The van der Waals surface area contributed by atoms with Crippen LogP contribution in [0.15, 0.2) is 29.3 Å². The van der Waals surface area contributed by atoms with Gasteiger partial charge in [0.1, 0.15) is 10.8 Å². The summed E-state index contributed by atoms with van der Waals surface area (Å²) in [4.78, 5) is 18.1. The third-order valence-electron chi connectivity index (χ3n) is 3.83. The minimum atomic E-state index is -0.256. The molecule has 0 N–H and O–H groups in total. The summed E-state index contributed by atoms with van der Waals surface area (Å²) in [5.41, 5.74) is 2.76. The molecule has 1 aliphatic rings. The number of esters is 1. The number of methoxy groups -OCH3 is 1. The van der Waals surface area contributed by atoms with Gasteiger partial charge in [-0.3, -0.25) is 0 Å². The fourth-order valence-electron chi connectivity index (χ4n) is 2.72. The topological polar surface area (TPSA) is 47.9 Å². The molecule has 0 amide bonds. The van der Waals surface area contributed by atoms with E-state index in [1.54, 1.807) is 24.7 Å². The second kappa shape index (κ2) is 6.96. The summed E-state index contributed by atoms with van der Waals surface area (Å²) in [6, 6.07) is 7.66. The summed E-state index contributed by atoms with van der Waals surface area (Å²) in [6.07, 6.45) is 4.86. The Morgan fingerprint density at radius 1 is 1.30 bits per heavy atom. The number of ether oxygens (including phenoxy) is 2. The van der Waals surface area contributed by atoms with Crippen molar-refractivity contribution in [3.05, 3.63) is 45.8 Å². The average Bonchev–Trinajstić information content (AvgIpc) is 3.14. The van der Waals surface area contributed by atoms with Gasteiger partial charge in [-0.25, -0.2) is 9.79 Å². The predicted molar refractivity (Wildman–Crippen MR) is 92.5 cm³/mol. The van der Waals surface area contributed by atoms with Crippen LogP contribution in [0.2, 0.25) is 0 Å². The van der Waals surface area contributed by atoms with Crippen LogP contribution < -0.4 is 4.74 Å². The van der Waals surface area contributed by atoms with E-state index in [0.717, 1.165) is 41.1 Å². The molecule has 2 aromatic rings. The highest BCUT2D eigenvalue weighted by molar-refractivity contribution is 7.16. The molecule has 23 heavy (non-hydrogen) atoms. The number of thiophene rings is 1. The average molecular weight is 329 g/mol. The standard InChI is InChI=1S/C18H19NO3S/c1-3-22-18(20)16-14-5-4-6-15(14)23-17(16)19-11-12-7-9-13(21-2)10-8-12/h7-11H,3-6H2,1-2H3/b19-11+. The molecule has 0 saturated heterocycles. The molecule has 1 aromatic carbocycles. The summed E-state index contributed by atoms with van der Waals surface area (Å²) in [7, 11) is 1.64. The number of aliphatic imine (C=N–C) groups is 1. The van der Waals surface area contributed by atoms with Crippen LogP contribution >= 0.6 is 11.3 Å². The highest BCUT2D eigenvalue weighted by atomic mass is 32.1. The first kappa shape index (κ1) is 15.7. The molecule has 0 bridgehead atoms. The number of carbonyl (C=O) groups excluding carboxylic acids is 1. The Balaban J connectivity index is 1.89. The number of carbonyl (C=O) groups is 1. The molecule has 0 spiro atoms. The second-order valence-corrected chi connectivity index (χ2v) is 6.37. The van der Waals surface area contributed by atoms with Gasteiger partial charge in [0.05, 0.1) is 19.3 Å². The molecule has 1 heterocycles. The lowest BCUT2D eigenvalue weighted by Gasteiger charge is -2.03. The number of hydrogen-bond donors (Lipinski definition) is 0. The van der Waals surface area contributed by atoms with Gasteiger partial charge in [-0.1, -0.05) is 0 Å². The minimum Gasteiger partial charge on any atom is -0.497 e. The van der Waals surface area contributed by atoms with Crippen LogP contribution in [0.25, 0.3) is 0 Å². The van der Waals surface area contributed by atoms with Crippen molar-refractivity contribution in [2.45, 2.75) is 26.2 Å². The van der Waals surface area contributed by atoms with Gasteiger partial charge in [0.15, 0.2) is 0 Å². The first-order chi connectivity index (χ1) is 11.2. The predicted octanol–water partition coefficient (Wildman–Crippen LogP) is 4.17. The van der Waals surface area contributed by atoms with Crippen LogP contribution in [0.4, 0.5) is 5.00 Å². The number of nitrogens with zero attached hydrogens (tertiary/aromatic N) is 1. The molecule has 0 fully saturated rings. The van der Waals surface area contributed by atoms with E-state index in [0.29, 0.717) is 12.2 Å². The Hall–Kier alpha value is -2.14. The van der Waals surface area contributed by atoms with Crippen molar-refractivity contribution < 1.29 is 14.3 Å². The molecule has 3 rings (SSSR count). The fourth-order valence-corrected chi connectivity index (χ4v) is 3.94. The number of fused-ring (bicyclic) bond motifs is 1. The van der Waals surface area contributed by atoms with Crippen LogP contribution in [0.3, 0.4) is 0 Å². The lowest BCUT2D eigenvalue weighted by molar-refractivity contribution is 0.0527. The van der Waals surface area contributed by atoms with Crippen molar-refractivity contribution in [2.75, 3.05) is 13.7 Å². The maximum absolute atomic E-state index is 12.3. The largest absolute Gasteiger partial charge is 0.497 e. The number of aryl methyl sites for hydroxylation is 1. The maximum Gasteiger partial charge on any atom is 0.341 e. The van der Waals surface area contributed by atoms with Crippen LogP contribution in [-0.4, -0.2) is 25.9 Å². The Morgan fingerprint density at radius 2 is 2.09 bits per heavy atom. The van der Waals surface area contributed by atoms with Crippen molar-refractivity contribution in [2.24, 2.45) is 4.99 Å². The second-order valence-electron chi connectivity index (χ2n) is 5.29. The van der Waals surface area contributed by atoms with E-state index in [1.807, 2.05) is 31.2 Å². The van der Waals surface area contributed by atoms with Crippen LogP contribution in [0, 0.1) is 0 Å². The summed E-state index contributed by atoms with van der Waals surface area (Å²) in [5, 5.41) is 0.754. The van der Waals surface area contributed by atoms with E-state index in [-0.39, 0.29) is 5.97 Å². The Bertz CT molecular complexity index is 731. The molecule has 4 nitrogen and oxygen atoms in total. The monoisotopic (exact) mass is 329 g/mol. The Labute approximate surface area is 139 Å². The number of hydrogen-bond acceptors (Lipinski definition) is 5. The Kier molecular flexibility index (Phi) is 4.76. The summed E-state index contributed by atoms with van der Waals surface area (Å²) < 4.78 is 10.4. The maximum atomic E-state index is 12.3. The quantitative estimate of drug-likeness (QED) is 0.611. The van der Waals surface area contributed by atoms with Crippen molar-refractivity contribution >= 4 is 28.5 Å². The smallest absolute Gasteiger partial charge is 0.341 e. The van der Waals surface area contributed by atoms with Crippen LogP contribution in [0.1, 0.15) is 39.7 Å². The zero-order chi connectivity index (χ0) is 16.2. The summed E-state index contributed by atoms with van der Waals surface area (Å²) in [5.74, 6) is 0.554. The molecule has 5 heteroatoms. The third kappa shape index (κ3) is 3.29. The summed E-state index contributed by atoms with van der Waals surface area (Å²) >= 11 is 1.61. The lowest BCUT2D eigenvalue weighted by Crippen LogP contribution is -2.06. The van der Waals surface area contributed by atoms with Crippen molar-refractivity contribution in [3.8, 4) is 5.75 Å². The molecule has 0 atom stereocenters. The zero-order valence-corrected chi connectivity index (χ0v) is 14.1. The van der Waals surface area contributed by atoms with Gasteiger partial charge in [-0.05, 0) is 61.6 Å². The lowest BCUT2D eigenvalue weighted by atomic mass is 10.1. The summed E-state index contributed by atoms with van der Waals surface area (Å²) in [6.45, 7) is 2.20. The molecule has 0 saturated carbocycles. The molecular weight excluding hydrogens is 310 g/mol. The van der Waals surface area contributed by atoms with Crippen molar-refractivity contribution in [1.29, 1.82) is 0 Å². The molecular formula is C18H19NO3S. The first-order valence-electron chi connectivity index (χ1n) is 7.72. The van der Waals surface area contributed by atoms with E-state index in [4.69, 9.17) is 9.47 Å². The first-order valence-corrected chi connectivity index (χ1v) is 8.54. The zero-order valence-electron chi connectivity index (χ0n) is 13.3. The number of rotatable bonds is 5. The Morgan fingerprint density at radius 3 is 2.78 bits per heavy atom. The molecule has 0 aliphatic heterocycles. The van der Waals surface area contributed by atoms with E-state index in [1.165, 1.54) is 4.88 Å². The fraction of sp³-hybridized carbons (Fsp3) is 0.333. The van der Waals surface area contributed by atoms with E-state index >= 15 is 0 Å². The molecule has 1 aliphatic carbocycles. The van der Waals surface area contributed by atoms with Crippen molar-refractivity contribution in [1.82, 2.24) is 0 Å². The highest BCUT2D eigenvalue weighted by Crippen LogP contribution is 2.41. The van der Waals surface area contributed by atoms with Crippen molar-refractivity contribution in [3.63, 3.8) is 0 Å². The van der Waals surface area contributed by atoms with Gasteiger partial charge >= 0.3 is 5.97 Å². The van der Waals surface area contributed by atoms with E-state index in [9.17, 15) is 4.79 Å². The van der Waals surface area contributed by atoms with Gasteiger partial charge in [0.2, 0.25) is 0 Å². The normalized spacial score (nSPS) is 13.3. The molecule has 0 radical (unpaired) electrons.